The van der Waals surface area contributed by atoms with Gasteiger partial charge in [0.05, 0.1) is 5.54 Å². The molecule has 0 spiro atoms. The van der Waals surface area contributed by atoms with Gasteiger partial charge in [0.1, 0.15) is 6.54 Å². The third-order valence-electron chi connectivity index (χ3n) is 2.35. The molecule has 15 heavy (non-hydrogen) atoms. The van der Waals surface area contributed by atoms with Crippen molar-refractivity contribution in [1.82, 2.24) is 10.2 Å². The fourth-order valence-electron chi connectivity index (χ4n) is 1.10. The molecule has 1 amide bonds. The lowest BCUT2D eigenvalue weighted by Crippen LogP contribution is -2.55. The molecule has 0 heterocycles. The van der Waals surface area contributed by atoms with Crippen LogP contribution in [0.25, 0.3) is 0 Å². The Hall–Kier alpha value is -1.10. The lowest BCUT2D eigenvalue weighted by molar-refractivity contribution is -0.148. The van der Waals surface area contributed by atoms with Crippen molar-refractivity contribution in [2.24, 2.45) is 0 Å². The predicted octanol–water partition coefficient (Wildman–Crippen LogP) is 0.306. The van der Waals surface area contributed by atoms with Gasteiger partial charge in [-0.2, -0.15) is 0 Å². The summed E-state index contributed by atoms with van der Waals surface area (Å²) in [5.41, 5.74) is -0.736. The van der Waals surface area contributed by atoms with Crippen LogP contribution in [0.2, 0.25) is 0 Å². The van der Waals surface area contributed by atoms with Crippen molar-refractivity contribution in [2.45, 2.75) is 39.3 Å². The molecular weight excluding hydrogens is 196 g/mol. The highest BCUT2D eigenvalue weighted by molar-refractivity contribution is 5.88. The number of carboxylic acids is 1. The summed E-state index contributed by atoms with van der Waals surface area (Å²) in [6, 6.07) is -0.124. The number of hydrogen-bond donors (Lipinski definition) is 2. The number of rotatable bonds is 5. The SMILES string of the molecule is CNC(C)(C)C(=O)N(CC(=O)O)C(C)C. The normalized spacial score (nSPS) is 11.6. The highest BCUT2D eigenvalue weighted by Gasteiger charge is 2.32. The van der Waals surface area contributed by atoms with Gasteiger partial charge in [0.25, 0.3) is 0 Å². The number of nitrogens with zero attached hydrogens (tertiary/aromatic N) is 1. The van der Waals surface area contributed by atoms with Gasteiger partial charge in [-0.15, -0.1) is 0 Å². The lowest BCUT2D eigenvalue weighted by atomic mass is 10.0. The van der Waals surface area contributed by atoms with Gasteiger partial charge < -0.3 is 15.3 Å². The summed E-state index contributed by atoms with van der Waals surface area (Å²) >= 11 is 0. The standard InChI is InChI=1S/C10H20N2O3/c1-7(2)12(6-8(13)14)9(15)10(3,4)11-5/h7,11H,6H2,1-5H3,(H,13,14). The van der Waals surface area contributed by atoms with Crippen LogP contribution in [0.4, 0.5) is 0 Å². The van der Waals surface area contributed by atoms with Crippen LogP contribution in [0.5, 0.6) is 0 Å². The van der Waals surface area contributed by atoms with Crippen LogP contribution in [-0.2, 0) is 9.59 Å². The monoisotopic (exact) mass is 216 g/mol. The Labute approximate surface area is 90.5 Å². The predicted molar refractivity (Wildman–Crippen MR) is 57.6 cm³/mol. The van der Waals surface area contributed by atoms with Crippen LogP contribution in [0, 0.1) is 0 Å². The lowest BCUT2D eigenvalue weighted by Gasteiger charge is -2.33. The molecule has 0 rings (SSSR count). The fraction of sp³-hybridized carbons (Fsp3) is 0.800. The van der Waals surface area contributed by atoms with E-state index in [1.165, 1.54) is 4.90 Å². The van der Waals surface area contributed by atoms with Gasteiger partial charge in [0, 0.05) is 6.04 Å². The first-order valence-electron chi connectivity index (χ1n) is 4.94. The Balaban J connectivity index is 4.78. The van der Waals surface area contributed by atoms with E-state index in [9.17, 15) is 9.59 Å². The van der Waals surface area contributed by atoms with Crippen molar-refractivity contribution in [2.75, 3.05) is 13.6 Å². The zero-order valence-electron chi connectivity index (χ0n) is 10.00. The second kappa shape index (κ2) is 5.11. The minimum Gasteiger partial charge on any atom is -0.480 e. The quantitative estimate of drug-likeness (QED) is 0.693. The minimum atomic E-state index is -0.996. The van der Waals surface area contributed by atoms with Gasteiger partial charge in [-0.1, -0.05) is 0 Å². The van der Waals surface area contributed by atoms with Crippen molar-refractivity contribution in [1.29, 1.82) is 0 Å². The van der Waals surface area contributed by atoms with Crippen molar-refractivity contribution in [3.63, 3.8) is 0 Å². The first kappa shape index (κ1) is 13.9. The molecule has 0 bridgehead atoms. The van der Waals surface area contributed by atoms with Crippen LogP contribution in [0.1, 0.15) is 27.7 Å². The largest absolute Gasteiger partial charge is 0.480 e. The Kier molecular flexibility index (Phi) is 4.74. The third-order valence-corrected chi connectivity index (χ3v) is 2.35. The highest BCUT2D eigenvalue weighted by atomic mass is 16.4. The maximum atomic E-state index is 12.0. The molecule has 0 unspecified atom stereocenters. The molecular formula is C10H20N2O3. The summed E-state index contributed by atoms with van der Waals surface area (Å²) in [6.07, 6.45) is 0. The van der Waals surface area contributed by atoms with Gasteiger partial charge in [-0.3, -0.25) is 9.59 Å². The first-order valence-corrected chi connectivity index (χ1v) is 4.94. The summed E-state index contributed by atoms with van der Waals surface area (Å²) in [5.74, 6) is -1.20. The van der Waals surface area contributed by atoms with Crippen LogP contribution >= 0.6 is 0 Å². The van der Waals surface area contributed by atoms with Gasteiger partial charge in [-0.25, -0.2) is 0 Å². The summed E-state index contributed by atoms with van der Waals surface area (Å²) < 4.78 is 0. The molecule has 0 aromatic carbocycles. The van der Waals surface area contributed by atoms with E-state index < -0.39 is 11.5 Å². The molecule has 0 aromatic heterocycles. The molecule has 0 saturated heterocycles. The van der Waals surface area contributed by atoms with E-state index in [1.54, 1.807) is 34.7 Å². The molecule has 2 N–H and O–H groups in total. The summed E-state index contributed by atoms with van der Waals surface area (Å²) in [7, 11) is 1.68. The van der Waals surface area contributed by atoms with Gasteiger partial charge in [-0.05, 0) is 34.7 Å². The molecule has 0 atom stereocenters. The molecule has 0 radical (unpaired) electrons. The molecule has 0 aliphatic rings. The van der Waals surface area contributed by atoms with Crippen LogP contribution in [0.15, 0.2) is 0 Å². The molecule has 0 saturated carbocycles. The van der Waals surface area contributed by atoms with E-state index in [1.807, 2.05) is 0 Å². The number of nitrogens with one attached hydrogen (secondary N) is 1. The Morgan fingerprint density at radius 2 is 1.87 bits per heavy atom. The first-order chi connectivity index (χ1) is 6.72. The average molecular weight is 216 g/mol. The van der Waals surface area contributed by atoms with E-state index in [0.717, 1.165) is 0 Å². The topological polar surface area (TPSA) is 69.6 Å². The van der Waals surface area contributed by atoms with E-state index in [4.69, 9.17) is 5.11 Å². The highest BCUT2D eigenvalue weighted by Crippen LogP contribution is 2.10. The van der Waals surface area contributed by atoms with E-state index >= 15 is 0 Å². The third kappa shape index (κ3) is 3.87. The number of carbonyl (C=O) groups excluding carboxylic acids is 1. The van der Waals surface area contributed by atoms with Crippen LogP contribution in [0.3, 0.4) is 0 Å². The smallest absolute Gasteiger partial charge is 0.323 e. The van der Waals surface area contributed by atoms with Gasteiger partial charge in [0.2, 0.25) is 5.91 Å². The van der Waals surface area contributed by atoms with Crippen LogP contribution in [-0.4, -0.2) is 47.1 Å². The molecule has 5 heteroatoms. The number of carboxylic acid groups (broad SMARTS) is 1. The Morgan fingerprint density at radius 3 is 2.13 bits per heavy atom. The molecule has 0 fully saturated rings. The molecule has 0 aliphatic carbocycles. The molecule has 5 nitrogen and oxygen atoms in total. The summed E-state index contributed by atoms with van der Waals surface area (Å²) in [6.45, 7) is 6.79. The summed E-state index contributed by atoms with van der Waals surface area (Å²) in [4.78, 5) is 23.9. The molecule has 0 aromatic rings. The number of aliphatic carboxylic acids is 1. The maximum Gasteiger partial charge on any atom is 0.323 e. The fourth-order valence-corrected chi connectivity index (χ4v) is 1.10. The van der Waals surface area contributed by atoms with Crippen molar-refractivity contribution in [3.8, 4) is 0 Å². The second-order valence-electron chi connectivity index (χ2n) is 4.30. The second-order valence-corrected chi connectivity index (χ2v) is 4.30. The van der Waals surface area contributed by atoms with Gasteiger partial charge >= 0.3 is 5.97 Å². The minimum absolute atomic E-state index is 0.124. The average Bonchev–Trinajstić information content (AvgIpc) is 2.12. The molecule has 0 aliphatic heterocycles. The Bertz CT molecular complexity index is 249. The number of hydrogen-bond acceptors (Lipinski definition) is 3. The zero-order chi connectivity index (χ0) is 12.2. The van der Waals surface area contributed by atoms with E-state index in [2.05, 4.69) is 5.32 Å². The van der Waals surface area contributed by atoms with Crippen molar-refractivity contribution < 1.29 is 14.7 Å². The van der Waals surface area contributed by atoms with Crippen molar-refractivity contribution in [3.05, 3.63) is 0 Å². The van der Waals surface area contributed by atoms with Crippen molar-refractivity contribution >= 4 is 11.9 Å². The van der Waals surface area contributed by atoms with E-state index in [-0.39, 0.29) is 18.5 Å². The van der Waals surface area contributed by atoms with Crippen LogP contribution < -0.4 is 5.32 Å². The summed E-state index contributed by atoms with van der Waals surface area (Å²) in [5, 5.41) is 11.6. The molecule has 88 valence electrons. The number of carbonyl (C=O) groups is 2. The zero-order valence-corrected chi connectivity index (χ0v) is 10.00. The van der Waals surface area contributed by atoms with E-state index in [0.29, 0.717) is 0 Å². The number of amides is 1. The number of likely N-dealkylation sites (N-methyl/N-ethyl adjacent to an activating group) is 1. The van der Waals surface area contributed by atoms with Gasteiger partial charge in [0.15, 0.2) is 0 Å². The Morgan fingerprint density at radius 1 is 1.40 bits per heavy atom. The maximum absolute atomic E-state index is 12.0.